The van der Waals surface area contributed by atoms with E-state index in [0.717, 1.165) is 25.7 Å². The van der Waals surface area contributed by atoms with Crippen LogP contribution in [0.5, 0.6) is 0 Å². The molecule has 2 heterocycles. The fourth-order valence-corrected chi connectivity index (χ4v) is 4.00. The van der Waals surface area contributed by atoms with Crippen LogP contribution in [-0.4, -0.2) is 44.2 Å². The fourth-order valence-electron chi connectivity index (χ4n) is 3.81. The minimum atomic E-state index is -0.344. The maximum atomic E-state index is 12.5. The number of hydrogen-bond acceptors (Lipinski definition) is 4. The summed E-state index contributed by atoms with van der Waals surface area (Å²) in [5.41, 5.74) is 0.247. The van der Waals surface area contributed by atoms with Crippen LogP contribution in [0, 0.1) is 5.92 Å². The highest BCUT2D eigenvalue weighted by atomic mass is 35.5. The standard InChI is InChI=1S/C20H24ClN5O3/c1-24-18(13-7-9-25(10-8-13)19(28)14-5-6-14)23-26(20(24)29)12-17(27)22-16-4-2-3-15(21)11-16/h2-4,11,13-14H,5-10,12H2,1H3,(H,22,27). The molecule has 0 atom stereocenters. The van der Waals surface area contributed by atoms with Crippen LogP contribution in [0.1, 0.15) is 37.4 Å². The van der Waals surface area contributed by atoms with Crippen molar-refractivity contribution in [1.82, 2.24) is 19.2 Å². The Hall–Kier alpha value is -2.61. The molecule has 4 rings (SSSR count). The van der Waals surface area contributed by atoms with E-state index in [2.05, 4.69) is 10.4 Å². The number of nitrogens with zero attached hydrogens (tertiary/aromatic N) is 4. The molecule has 0 unspecified atom stereocenters. The van der Waals surface area contributed by atoms with Crippen LogP contribution < -0.4 is 11.0 Å². The van der Waals surface area contributed by atoms with Gasteiger partial charge < -0.3 is 10.2 Å². The monoisotopic (exact) mass is 417 g/mol. The molecule has 1 aliphatic heterocycles. The van der Waals surface area contributed by atoms with Crippen LogP contribution in [0.4, 0.5) is 5.69 Å². The molecule has 2 aromatic rings. The lowest BCUT2D eigenvalue weighted by atomic mass is 9.95. The van der Waals surface area contributed by atoms with E-state index in [0.29, 0.717) is 29.6 Å². The van der Waals surface area contributed by atoms with E-state index in [4.69, 9.17) is 11.6 Å². The lowest BCUT2D eigenvalue weighted by molar-refractivity contribution is -0.133. The number of anilines is 1. The van der Waals surface area contributed by atoms with Gasteiger partial charge in [0.25, 0.3) is 0 Å². The van der Waals surface area contributed by atoms with Gasteiger partial charge in [-0.15, -0.1) is 0 Å². The van der Waals surface area contributed by atoms with Crippen molar-refractivity contribution in [2.45, 2.75) is 38.1 Å². The first-order valence-electron chi connectivity index (χ1n) is 9.90. The molecule has 1 saturated heterocycles. The second kappa shape index (κ2) is 8.02. The molecular formula is C20H24ClN5O3. The molecule has 154 valence electrons. The molecule has 0 spiro atoms. The van der Waals surface area contributed by atoms with Gasteiger partial charge >= 0.3 is 5.69 Å². The van der Waals surface area contributed by atoms with Gasteiger partial charge in [0.2, 0.25) is 11.8 Å². The molecule has 8 nitrogen and oxygen atoms in total. The molecule has 1 aliphatic carbocycles. The van der Waals surface area contributed by atoms with Crippen molar-refractivity contribution in [2.24, 2.45) is 13.0 Å². The van der Waals surface area contributed by atoms with Crippen molar-refractivity contribution >= 4 is 29.1 Å². The first-order valence-corrected chi connectivity index (χ1v) is 10.3. The van der Waals surface area contributed by atoms with Crippen molar-refractivity contribution in [3.63, 3.8) is 0 Å². The van der Waals surface area contributed by atoms with Gasteiger partial charge in [0.15, 0.2) is 0 Å². The summed E-state index contributed by atoms with van der Waals surface area (Å²) in [6, 6.07) is 6.83. The SMILES string of the molecule is Cn1c(C2CCN(C(=O)C3CC3)CC2)nn(CC(=O)Nc2cccc(Cl)c2)c1=O. The maximum Gasteiger partial charge on any atom is 0.346 e. The molecule has 9 heteroatoms. The van der Waals surface area contributed by atoms with Gasteiger partial charge in [0.1, 0.15) is 12.4 Å². The predicted octanol–water partition coefficient (Wildman–Crippen LogP) is 1.99. The third-order valence-electron chi connectivity index (χ3n) is 5.57. The number of amides is 2. The Morgan fingerprint density at radius 1 is 1.21 bits per heavy atom. The van der Waals surface area contributed by atoms with Crippen LogP contribution in [0.15, 0.2) is 29.1 Å². The molecule has 1 N–H and O–H groups in total. The summed E-state index contributed by atoms with van der Waals surface area (Å²) in [7, 11) is 1.68. The third-order valence-corrected chi connectivity index (χ3v) is 5.81. The molecule has 1 saturated carbocycles. The Labute approximate surface area is 173 Å². The minimum absolute atomic E-state index is 0.105. The summed E-state index contributed by atoms with van der Waals surface area (Å²) < 4.78 is 2.70. The Bertz CT molecular complexity index is 986. The number of carbonyl (C=O) groups is 2. The first-order chi connectivity index (χ1) is 13.9. The predicted molar refractivity (Wildman–Crippen MR) is 109 cm³/mol. The van der Waals surface area contributed by atoms with Crippen molar-refractivity contribution < 1.29 is 9.59 Å². The minimum Gasteiger partial charge on any atom is -0.342 e. The number of carbonyl (C=O) groups excluding carboxylic acids is 2. The molecule has 2 aliphatic rings. The highest BCUT2D eigenvalue weighted by Crippen LogP contribution is 2.33. The molecule has 1 aromatic carbocycles. The zero-order valence-corrected chi connectivity index (χ0v) is 17.1. The van der Waals surface area contributed by atoms with Gasteiger partial charge in [-0.05, 0) is 43.9 Å². The Balaban J connectivity index is 1.40. The number of benzene rings is 1. The third kappa shape index (κ3) is 4.37. The van der Waals surface area contributed by atoms with E-state index in [-0.39, 0.29) is 35.9 Å². The highest BCUT2D eigenvalue weighted by molar-refractivity contribution is 6.30. The van der Waals surface area contributed by atoms with Gasteiger partial charge in [0, 0.05) is 42.7 Å². The highest BCUT2D eigenvalue weighted by Gasteiger charge is 2.36. The van der Waals surface area contributed by atoms with Gasteiger partial charge in [-0.25, -0.2) is 9.48 Å². The number of halogens is 1. The second-order valence-corrected chi connectivity index (χ2v) is 8.23. The maximum absolute atomic E-state index is 12.5. The zero-order valence-electron chi connectivity index (χ0n) is 16.3. The molecule has 1 aromatic heterocycles. The average molecular weight is 418 g/mol. The number of rotatable bonds is 5. The Kier molecular flexibility index (Phi) is 5.45. The molecular weight excluding hydrogens is 394 g/mol. The summed E-state index contributed by atoms with van der Waals surface area (Å²) in [4.78, 5) is 39.0. The molecule has 0 bridgehead atoms. The second-order valence-electron chi connectivity index (χ2n) is 7.79. The lowest BCUT2D eigenvalue weighted by Gasteiger charge is -2.31. The number of hydrogen-bond donors (Lipinski definition) is 1. The van der Waals surface area contributed by atoms with Crippen LogP contribution >= 0.6 is 11.6 Å². The normalized spacial score (nSPS) is 17.4. The van der Waals surface area contributed by atoms with Crippen LogP contribution in [0.25, 0.3) is 0 Å². The van der Waals surface area contributed by atoms with E-state index >= 15 is 0 Å². The van der Waals surface area contributed by atoms with Gasteiger partial charge in [-0.1, -0.05) is 17.7 Å². The van der Waals surface area contributed by atoms with Crippen molar-refractivity contribution in [3.8, 4) is 0 Å². The summed E-state index contributed by atoms with van der Waals surface area (Å²) in [6.45, 7) is 1.21. The fraction of sp³-hybridized carbons (Fsp3) is 0.500. The number of aromatic nitrogens is 3. The van der Waals surface area contributed by atoms with Crippen molar-refractivity contribution in [1.29, 1.82) is 0 Å². The van der Waals surface area contributed by atoms with E-state index in [1.54, 1.807) is 31.3 Å². The van der Waals surface area contributed by atoms with E-state index in [1.807, 2.05) is 4.90 Å². The number of piperidine rings is 1. The Morgan fingerprint density at radius 2 is 1.93 bits per heavy atom. The average Bonchev–Trinajstić information content (AvgIpc) is 3.51. The van der Waals surface area contributed by atoms with Crippen molar-refractivity contribution in [2.75, 3.05) is 18.4 Å². The quantitative estimate of drug-likeness (QED) is 0.805. The summed E-state index contributed by atoms with van der Waals surface area (Å²) in [6.07, 6.45) is 3.57. The Morgan fingerprint density at radius 3 is 2.59 bits per heavy atom. The molecule has 2 fully saturated rings. The molecule has 2 amide bonds. The van der Waals surface area contributed by atoms with Crippen LogP contribution in [0.2, 0.25) is 5.02 Å². The zero-order chi connectivity index (χ0) is 20.5. The van der Waals surface area contributed by atoms with Crippen LogP contribution in [-0.2, 0) is 23.2 Å². The summed E-state index contributed by atoms with van der Waals surface area (Å²) >= 11 is 5.93. The molecule has 29 heavy (non-hydrogen) atoms. The van der Waals surface area contributed by atoms with E-state index in [9.17, 15) is 14.4 Å². The van der Waals surface area contributed by atoms with Crippen molar-refractivity contribution in [3.05, 3.63) is 45.6 Å². The van der Waals surface area contributed by atoms with E-state index in [1.165, 1.54) is 9.25 Å². The topological polar surface area (TPSA) is 89.2 Å². The van der Waals surface area contributed by atoms with Gasteiger partial charge in [-0.2, -0.15) is 5.10 Å². The lowest BCUT2D eigenvalue weighted by Crippen LogP contribution is -2.39. The number of nitrogens with one attached hydrogen (secondary N) is 1. The number of likely N-dealkylation sites (tertiary alicyclic amines) is 1. The molecule has 0 radical (unpaired) electrons. The van der Waals surface area contributed by atoms with Gasteiger partial charge in [0.05, 0.1) is 0 Å². The summed E-state index contributed by atoms with van der Waals surface area (Å²) in [5, 5.41) is 7.67. The van der Waals surface area contributed by atoms with Crippen LogP contribution in [0.3, 0.4) is 0 Å². The summed E-state index contributed by atoms with van der Waals surface area (Å²) in [5.74, 6) is 0.926. The van der Waals surface area contributed by atoms with E-state index < -0.39 is 0 Å². The van der Waals surface area contributed by atoms with Gasteiger partial charge in [-0.3, -0.25) is 14.2 Å². The first kappa shape index (κ1) is 19.7. The largest absolute Gasteiger partial charge is 0.346 e. The smallest absolute Gasteiger partial charge is 0.342 e.